The van der Waals surface area contributed by atoms with Crippen molar-refractivity contribution >= 4 is 29.1 Å². The van der Waals surface area contributed by atoms with E-state index < -0.39 is 17.4 Å². The van der Waals surface area contributed by atoms with Crippen molar-refractivity contribution in [3.8, 4) is 17.1 Å². The second-order valence-corrected chi connectivity index (χ2v) is 9.03. The Hall–Kier alpha value is -2.83. The molecule has 0 radical (unpaired) electrons. The number of nitrogens with zero attached hydrogens (tertiary/aromatic N) is 4. The second kappa shape index (κ2) is 8.99. The lowest BCUT2D eigenvalue weighted by atomic mass is 10.0. The molecule has 2 fully saturated rings. The lowest BCUT2D eigenvalue weighted by Gasteiger charge is -2.35. The number of rotatable bonds is 2. The summed E-state index contributed by atoms with van der Waals surface area (Å²) in [7, 11) is 0. The van der Waals surface area contributed by atoms with Crippen molar-refractivity contribution in [2.24, 2.45) is 0 Å². The molecule has 1 atom stereocenters. The van der Waals surface area contributed by atoms with Crippen molar-refractivity contribution in [1.82, 2.24) is 20.2 Å². The van der Waals surface area contributed by atoms with Gasteiger partial charge in [0.1, 0.15) is 40.2 Å². The number of amides is 1. The van der Waals surface area contributed by atoms with Crippen LogP contribution in [0.4, 0.5) is 24.8 Å². The molecule has 13 heteroatoms. The smallest absolute Gasteiger partial charge is 0.418 e. The van der Waals surface area contributed by atoms with Gasteiger partial charge in [-0.3, -0.25) is 4.79 Å². The Balaban J connectivity index is 1.77. The van der Waals surface area contributed by atoms with Gasteiger partial charge in [0.25, 0.3) is 5.91 Å². The molecular formula is C22H24ClF3N6O3. The standard InChI is InChI=1S/C22H24ClF3N6O3/c1-11-8-13(27)29-17(15(11)22(24,25)26)18-16(23)19-14(20(30-18)31-4-6-34-7-5-31)21(33)32-3-2-28-9-12(32)10-35-19/h8,12,28H,2-7,9-10H2,1H3,(H2,27,29)/t12-/m1/s1. The number of nitrogens with one attached hydrogen (secondary N) is 1. The minimum Gasteiger partial charge on any atom is -0.489 e. The van der Waals surface area contributed by atoms with Gasteiger partial charge in [0.15, 0.2) is 5.75 Å². The average Bonchev–Trinajstić information content (AvgIpc) is 2.96. The van der Waals surface area contributed by atoms with Crippen LogP contribution in [-0.2, 0) is 10.9 Å². The third kappa shape index (κ3) is 4.23. The highest BCUT2D eigenvalue weighted by Gasteiger charge is 2.41. The molecule has 9 nitrogen and oxygen atoms in total. The third-order valence-electron chi connectivity index (χ3n) is 6.38. The predicted octanol–water partition coefficient (Wildman–Crippen LogP) is 2.35. The quantitative estimate of drug-likeness (QED) is 0.632. The topological polar surface area (TPSA) is 106 Å². The van der Waals surface area contributed by atoms with Crippen LogP contribution in [0.25, 0.3) is 11.4 Å². The highest BCUT2D eigenvalue weighted by atomic mass is 35.5. The Morgan fingerprint density at radius 2 is 1.94 bits per heavy atom. The van der Waals surface area contributed by atoms with E-state index in [4.69, 9.17) is 26.8 Å². The molecule has 35 heavy (non-hydrogen) atoms. The van der Waals surface area contributed by atoms with Gasteiger partial charge >= 0.3 is 6.18 Å². The number of morpholine rings is 1. The maximum atomic E-state index is 14.1. The molecule has 2 aromatic rings. The van der Waals surface area contributed by atoms with E-state index in [2.05, 4.69) is 15.3 Å². The summed E-state index contributed by atoms with van der Waals surface area (Å²) in [5, 5.41) is 3.02. The zero-order valence-electron chi connectivity index (χ0n) is 18.9. The first-order valence-electron chi connectivity index (χ1n) is 11.2. The third-order valence-corrected chi connectivity index (χ3v) is 6.73. The zero-order chi connectivity index (χ0) is 24.9. The number of nitrogen functional groups attached to an aromatic ring is 1. The van der Waals surface area contributed by atoms with Gasteiger partial charge in [0, 0.05) is 32.7 Å². The van der Waals surface area contributed by atoms with Crippen molar-refractivity contribution in [3.63, 3.8) is 0 Å². The van der Waals surface area contributed by atoms with E-state index >= 15 is 0 Å². The van der Waals surface area contributed by atoms with Crippen molar-refractivity contribution in [2.75, 3.05) is 63.2 Å². The molecule has 0 saturated carbocycles. The van der Waals surface area contributed by atoms with E-state index in [1.807, 2.05) is 0 Å². The fraction of sp³-hybridized carbons (Fsp3) is 0.500. The number of carbonyl (C=O) groups is 1. The summed E-state index contributed by atoms with van der Waals surface area (Å²) in [5.41, 5.74) is 4.13. The lowest BCUT2D eigenvalue weighted by molar-refractivity contribution is -0.137. The largest absolute Gasteiger partial charge is 0.489 e. The SMILES string of the molecule is Cc1cc(N)nc(-c2nc(N3CCOCC3)c3c(c2Cl)OC[C@H]2CNCCN2C3=O)c1C(F)(F)F. The molecule has 3 aliphatic rings. The van der Waals surface area contributed by atoms with Crippen molar-refractivity contribution < 1.29 is 27.4 Å². The van der Waals surface area contributed by atoms with Crippen molar-refractivity contribution in [2.45, 2.75) is 19.1 Å². The Morgan fingerprint density at radius 1 is 1.20 bits per heavy atom. The minimum absolute atomic E-state index is 0.00700. The van der Waals surface area contributed by atoms with Crippen molar-refractivity contribution in [1.29, 1.82) is 0 Å². The van der Waals surface area contributed by atoms with Crippen LogP contribution in [0, 0.1) is 6.92 Å². The van der Waals surface area contributed by atoms with Crippen LogP contribution in [0.1, 0.15) is 21.5 Å². The predicted molar refractivity (Wildman–Crippen MR) is 123 cm³/mol. The van der Waals surface area contributed by atoms with Gasteiger partial charge < -0.3 is 30.3 Å². The molecule has 1 amide bonds. The Labute approximate surface area is 204 Å². The molecule has 0 aromatic carbocycles. The molecule has 3 aliphatic heterocycles. The molecule has 0 spiro atoms. The van der Waals surface area contributed by atoms with E-state index in [9.17, 15) is 18.0 Å². The second-order valence-electron chi connectivity index (χ2n) is 8.65. The summed E-state index contributed by atoms with van der Waals surface area (Å²) in [4.78, 5) is 25.8. The first-order valence-corrected chi connectivity index (χ1v) is 11.6. The monoisotopic (exact) mass is 512 g/mol. The minimum atomic E-state index is -4.74. The Kier molecular flexibility index (Phi) is 6.14. The van der Waals surface area contributed by atoms with Gasteiger partial charge in [-0.15, -0.1) is 0 Å². The number of ether oxygens (including phenoxy) is 2. The molecule has 5 rings (SSSR count). The van der Waals surface area contributed by atoms with E-state index in [1.54, 1.807) is 9.80 Å². The van der Waals surface area contributed by atoms with Crippen LogP contribution in [-0.4, -0.2) is 79.4 Å². The number of halogens is 4. The molecule has 0 bridgehead atoms. The van der Waals surface area contributed by atoms with Gasteiger partial charge in [-0.1, -0.05) is 11.6 Å². The fourth-order valence-electron chi connectivity index (χ4n) is 4.75. The number of pyridine rings is 2. The maximum absolute atomic E-state index is 14.1. The van der Waals surface area contributed by atoms with E-state index in [0.29, 0.717) is 45.9 Å². The number of piperazine rings is 1. The zero-order valence-corrected chi connectivity index (χ0v) is 19.7. The molecule has 0 aliphatic carbocycles. The number of alkyl halides is 3. The molecule has 3 N–H and O–H groups in total. The van der Waals surface area contributed by atoms with Crippen LogP contribution >= 0.6 is 11.6 Å². The highest BCUT2D eigenvalue weighted by molar-refractivity contribution is 6.35. The van der Waals surface area contributed by atoms with Crippen LogP contribution < -0.4 is 20.7 Å². The maximum Gasteiger partial charge on any atom is 0.418 e. The summed E-state index contributed by atoms with van der Waals surface area (Å²) in [5.74, 6) is -0.222. The van der Waals surface area contributed by atoms with E-state index in [1.165, 1.54) is 6.92 Å². The van der Waals surface area contributed by atoms with Gasteiger partial charge in [-0.25, -0.2) is 9.97 Å². The van der Waals surface area contributed by atoms with Crippen LogP contribution in [0.3, 0.4) is 0 Å². The number of aromatic nitrogens is 2. The number of aryl methyl sites for hydroxylation is 1. The Bertz CT molecular complexity index is 1170. The first-order chi connectivity index (χ1) is 16.7. The fourth-order valence-corrected chi connectivity index (χ4v) is 5.03. The number of anilines is 2. The molecule has 0 unspecified atom stereocenters. The number of carbonyl (C=O) groups excluding carboxylic acids is 1. The lowest BCUT2D eigenvalue weighted by Crippen LogP contribution is -2.55. The highest BCUT2D eigenvalue weighted by Crippen LogP contribution is 2.46. The molecular weight excluding hydrogens is 489 g/mol. The van der Waals surface area contributed by atoms with Crippen molar-refractivity contribution in [3.05, 3.63) is 27.8 Å². The average molecular weight is 513 g/mol. The molecule has 188 valence electrons. The van der Waals surface area contributed by atoms with E-state index in [0.717, 1.165) is 6.07 Å². The number of hydrogen-bond donors (Lipinski definition) is 2. The number of nitrogens with two attached hydrogens (primary N) is 1. The first kappa shape index (κ1) is 23.9. The summed E-state index contributed by atoms with van der Waals surface area (Å²) in [6.07, 6.45) is -4.74. The summed E-state index contributed by atoms with van der Waals surface area (Å²) in [6, 6.07) is 0.900. The van der Waals surface area contributed by atoms with Crippen LogP contribution in [0.5, 0.6) is 5.75 Å². The number of fused-ring (bicyclic) bond motifs is 2. The summed E-state index contributed by atoms with van der Waals surface area (Å²) >= 11 is 6.67. The summed E-state index contributed by atoms with van der Waals surface area (Å²) in [6.45, 7) is 4.59. The number of hydrogen-bond acceptors (Lipinski definition) is 8. The van der Waals surface area contributed by atoms with Gasteiger partial charge in [-0.05, 0) is 18.6 Å². The summed E-state index contributed by atoms with van der Waals surface area (Å²) < 4.78 is 53.8. The van der Waals surface area contributed by atoms with Gasteiger partial charge in [-0.2, -0.15) is 13.2 Å². The van der Waals surface area contributed by atoms with Gasteiger partial charge in [0.05, 0.1) is 24.8 Å². The van der Waals surface area contributed by atoms with Crippen LogP contribution in [0.15, 0.2) is 6.07 Å². The van der Waals surface area contributed by atoms with Gasteiger partial charge in [0.2, 0.25) is 0 Å². The molecule has 2 saturated heterocycles. The van der Waals surface area contributed by atoms with E-state index in [-0.39, 0.29) is 57.8 Å². The normalized spacial score (nSPS) is 20.7. The molecule has 5 heterocycles. The molecule has 2 aromatic heterocycles. The Morgan fingerprint density at radius 3 is 2.66 bits per heavy atom. The van der Waals surface area contributed by atoms with Crippen LogP contribution in [0.2, 0.25) is 5.02 Å².